The van der Waals surface area contributed by atoms with E-state index in [-0.39, 0.29) is 0 Å². The highest BCUT2D eigenvalue weighted by Crippen LogP contribution is 2.39. The van der Waals surface area contributed by atoms with Crippen molar-refractivity contribution in [3.05, 3.63) is 22.4 Å². The molecule has 1 aromatic rings. The molecule has 2 atom stereocenters. The molecule has 1 saturated carbocycles. The van der Waals surface area contributed by atoms with Crippen molar-refractivity contribution < 1.29 is 0 Å². The molecule has 1 fully saturated rings. The second kappa shape index (κ2) is 4.25. The maximum absolute atomic E-state index is 3.30. The Kier molecular flexibility index (Phi) is 3.01. The highest BCUT2D eigenvalue weighted by Gasteiger charge is 2.27. The average molecular weight is 195 g/mol. The van der Waals surface area contributed by atoms with Gasteiger partial charge in [0.05, 0.1) is 0 Å². The highest BCUT2D eigenvalue weighted by molar-refractivity contribution is 7.07. The van der Waals surface area contributed by atoms with E-state index in [1.54, 1.807) is 5.56 Å². The lowest BCUT2D eigenvalue weighted by Crippen LogP contribution is -2.20. The Morgan fingerprint density at radius 2 is 2.46 bits per heavy atom. The van der Waals surface area contributed by atoms with Gasteiger partial charge in [0, 0.05) is 0 Å². The first kappa shape index (κ1) is 9.22. The lowest BCUT2D eigenvalue weighted by atomic mass is 9.91. The molecule has 1 heterocycles. The van der Waals surface area contributed by atoms with Gasteiger partial charge in [-0.25, -0.2) is 0 Å². The van der Waals surface area contributed by atoms with Crippen LogP contribution in [-0.2, 0) is 0 Å². The minimum Gasteiger partial charge on any atom is -0.319 e. The second-order valence-corrected chi connectivity index (χ2v) is 4.69. The molecule has 0 bridgehead atoms. The molecule has 0 aliphatic heterocycles. The molecule has 0 radical (unpaired) electrons. The van der Waals surface area contributed by atoms with Gasteiger partial charge in [0.15, 0.2) is 0 Å². The summed E-state index contributed by atoms with van der Waals surface area (Å²) in [6.07, 6.45) is 4.21. The van der Waals surface area contributed by atoms with Crippen LogP contribution in [0.2, 0.25) is 0 Å². The third-order valence-corrected chi connectivity index (χ3v) is 3.80. The maximum Gasteiger partial charge on any atom is -0.00177 e. The van der Waals surface area contributed by atoms with Gasteiger partial charge in [-0.1, -0.05) is 6.42 Å². The molecule has 2 heteroatoms. The van der Waals surface area contributed by atoms with Gasteiger partial charge in [0.25, 0.3) is 0 Å². The number of rotatable bonds is 3. The quantitative estimate of drug-likeness (QED) is 0.782. The summed E-state index contributed by atoms with van der Waals surface area (Å²) >= 11 is 1.83. The fraction of sp³-hybridized carbons (Fsp3) is 0.636. The molecule has 2 unspecified atom stereocenters. The average Bonchev–Trinajstić information content (AvgIpc) is 2.71. The lowest BCUT2D eigenvalue weighted by Gasteiger charge is -2.17. The SMILES string of the molecule is CNCC1CCCC1c1ccsc1. The van der Waals surface area contributed by atoms with Crippen LogP contribution in [0, 0.1) is 5.92 Å². The molecule has 13 heavy (non-hydrogen) atoms. The molecule has 0 spiro atoms. The van der Waals surface area contributed by atoms with Gasteiger partial charge in [-0.05, 0) is 60.7 Å². The molecule has 1 N–H and O–H groups in total. The first-order chi connectivity index (χ1) is 6.42. The Bertz CT molecular complexity index is 243. The van der Waals surface area contributed by atoms with Crippen molar-refractivity contribution in [2.75, 3.05) is 13.6 Å². The molecule has 2 rings (SSSR count). The Labute approximate surface area is 84.2 Å². The molecular formula is C11H17NS. The molecular weight excluding hydrogens is 178 g/mol. The van der Waals surface area contributed by atoms with Gasteiger partial charge < -0.3 is 5.32 Å². The van der Waals surface area contributed by atoms with Gasteiger partial charge in [-0.3, -0.25) is 0 Å². The van der Waals surface area contributed by atoms with Crippen molar-refractivity contribution in [2.45, 2.75) is 25.2 Å². The fourth-order valence-electron chi connectivity index (χ4n) is 2.47. The second-order valence-electron chi connectivity index (χ2n) is 3.91. The summed E-state index contributed by atoms with van der Waals surface area (Å²) in [4.78, 5) is 0. The topological polar surface area (TPSA) is 12.0 Å². The zero-order chi connectivity index (χ0) is 9.10. The van der Waals surface area contributed by atoms with E-state index in [0.717, 1.165) is 11.8 Å². The van der Waals surface area contributed by atoms with E-state index in [2.05, 4.69) is 29.2 Å². The van der Waals surface area contributed by atoms with E-state index >= 15 is 0 Å². The van der Waals surface area contributed by atoms with Gasteiger partial charge in [0.2, 0.25) is 0 Å². The van der Waals surface area contributed by atoms with Crippen molar-refractivity contribution in [2.24, 2.45) is 5.92 Å². The Hall–Kier alpha value is -0.340. The van der Waals surface area contributed by atoms with E-state index in [1.807, 2.05) is 11.3 Å². The molecule has 0 aromatic carbocycles. The fourth-order valence-corrected chi connectivity index (χ4v) is 3.19. The van der Waals surface area contributed by atoms with E-state index < -0.39 is 0 Å². The third-order valence-electron chi connectivity index (χ3n) is 3.10. The van der Waals surface area contributed by atoms with Gasteiger partial charge in [-0.2, -0.15) is 11.3 Å². The van der Waals surface area contributed by atoms with E-state index in [1.165, 1.54) is 25.8 Å². The predicted molar refractivity (Wildman–Crippen MR) is 58.3 cm³/mol. The molecule has 72 valence electrons. The molecule has 0 saturated heterocycles. The normalized spacial score (nSPS) is 28.1. The minimum atomic E-state index is 0.832. The predicted octanol–water partition coefficient (Wildman–Crippen LogP) is 2.85. The van der Waals surface area contributed by atoms with Crippen molar-refractivity contribution in [3.8, 4) is 0 Å². The van der Waals surface area contributed by atoms with Crippen LogP contribution in [0.15, 0.2) is 16.8 Å². The standard InChI is InChI=1S/C11H17NS/c1-12-7-9-3-2-4-11(9)10-5-6-13-8-10/h5-6,8-9,11-12H,2-4,7H2,1H3. The maximum atomic E-state index is 3.30. The Morgan fingerprint density at radius 1 is 1.54 bits per heavy atom. The summed E-state index contributed by atoms with van der Waals surface area (Å²) in [5.41, 5.74) is 1.57. The van der Waals surface area contributed by atoms with Crippen LogP contribution in [0.1, 0.15) is 30.7 Å². The van der Waals surface area contributed by atoms with Crippen LogP contribution in [-0.4, -0.2) is 13.6 Å². The van der Waals surface area contributed by atoms with Crippen LogP contribution >= 0.6 is 11.3 Å². The minimum absolute atomic E-state index is 0.832. The van der Waals surface area contributed by atoms with Crippen LogP contribution in [0.25, 0.3) is 0 Å². The smallest absolute Gasteiger partial charge is 0.00177 e. The van der Waals surface area contributed by atoms with Crippen LogP contribution in [0.4, 0.5) is 0 Å². The van der Waals surface area contributed by atoms with Crippen molar-refractivity contribution >= 4 is 11.3 Å². The number of thiophene rings is 1. The summed E-state index contributed by atoms with van der Waals surface area (Å²) in [5, 5.41) is 7.82. The summed E-state index contributed by atoms with van der Waals surface area (Å²) in [7, 11) is 2.06. The van der Waals surface area contributed by atoms with Crippen LogP contribution in [0.5, 0.6) is 0 Å². The summed E-state index contributed by atoms with van der Waals surface area (Å²) < 4.78 is 0. The van der Waals surface area contributed by atoms with E-state index in [9.17, 15) is 0 Å². The highest BCUT2D eigenvalue weighted by atomic mass is 32.1. The van der Waals surface area contributed by atoms with Gasteiger partial charge >= 0.3 is 0 Å². The zero-order valence-corrected chi connectivity index (χ0v) is 8.94. The van der Waals surface area contributed by atoms with Crippen molar-refractivity contribution in [1.82, 2.24) is 5.32 Å². The number of hydrogen-bond donors (Lipinski definition) is 1. The summed E-state index contributed by atoms with van der Waals surface area (Å²) in [5.74, 6) is 1.71. The van der Waals surface area contributed by atoms with Gasteiger partial charge in [-0.15, -0.1) is 0 Å². The zero-order valence-electron chi connectivity index (χ0n) is 8.12. The Balaban J connectivity index is 2.05. The van der Waals surface area contributed by atoms with Gasteiger partial charge in [0.1, 0.15) is 0 Å². The molecule has 0 amide bonds. The van der Waals surface area contributed by atoms with Crippen molar-refractivity contribution in [1.29, 1.82) is 0 Å². The molecule has 1 aromatic heterocycles. The van der Waals surface area contributed by atoms with Crippen LogP contribution in [0.3, 0.4) is 0 Å². The molecule has 1 aliphatic carbocycles. The number of hydrogen-bond acceptors (Lipinski definition) is 2. The van der Waals surface area contributed by atoms with Crippen molar-refractivity contribution in [3.63, 3.8) is 0 Å². The Morgan fingerprint density at radius 3 is 3.15 bits per heavy atom. The van der Waals surface area contributed by atoms with Crippen LogP contribution < -0.4 is 5.32 Å². The molecule has 1 aliphatic rings. The molecule has 1 nitrogen and oxygen atoms in total. The third kappa shape index (κ3) is 1.94. The summed E-state index contributed by atoms with van der Waals surface area (Å²) in [6, 6.07) is 2.29. The monoisotopic (exact) mass is 195 g/mol. The largest absolute Gasteiger partial charge is 0.319 e. The first-order valence-corrected chi connectivity index (χ1v) is 6.03. The lowest BCUT2D eigenvalue weighted by molar-refractivity contribution is 0.463. The van der Waals surface area contributed by atoms with E-state index in [4.69, 9.17) is 0 Å². The first-order valence-electron chi connectivity index (χ1n) is 5.08. The van der Waals surface area contributed by atoms with E-state index in [0.29, 0.717) is 0 Å². The number of nitrogens with one attached hydrogen (secondary N) is 1. The summed E-state index contributed by atoms with van der Waals surface area (Å²) in [6.45, 7) is 1.18.